The van der Waals surface area contributed by atoms with Gasteiger partial charge in [0.25, 0.3) is 0 Å². The topological polar surface area (TPSA) is 49.4 Å². The SMILES string of the molecule is CC(=O)NC1CCN(C(C)C(=O)c2ccc(C)cc2)CC1. The van der Waals surface area contributed by atoms with Crippen LogP contribution in [-0.4, -0.2) is 41.8 Å². The molecule has 0 radical (unpaired) electrons. The summed E-state index contributed by atoms with van der Waals surface area (Å²) in [6, 6.07) is 7.90. The van der Waals surface area contributed by atoms with Crippen LogP contribution in [0.15, 0.2) is 24.3 Å². The van der Waals surface area contributed by atoms with E-state index in [2.05, 4.69) is 10.2 Å². The number of carbonyl (C=O) groups is 2. The number of Topliss-reactive ketones (excluding diaryl/α,β-unsaturated/α-hetero) is 1. The van der Waals surface area contributed by atoms with Gasteiger partial charge in [-0.25, -0.2) is 0 Å². The van der Waals surface area contributed by atoms with Crippen molar-refractivity contribution in [2.45, 2.75) is 45.7 Å². The van der Waals surface area contributed by atoms with E-state index < -0.39 is 0 Å². The molecule has 1 aliphatic heterocycles. The molecule has 0 bridgehead atoms. The summed E-state index contributed by atoms with van der Waals surface area (Å²) in [5.41, 5.74) is 1.94. The number of likely N-dealkylation sites (tertiary alicyclic amines) is 1. The van der Waals surface area contributed by atoms with E-state index in [-0.39, 0.29) is 23.8 Å². The van der Waals surface area contributed by atoms with Crippen molar-refractivity contribution in [2.75, 3.05) is 13.1 Å². The number of nitrogens with zero attached hydrogens (tertiary/aromatic N) is 1. The van der Waals surface area contributed by atoms with Gasteiger partial charge < -0.3 is 5.32 Å². The molecule has 1 saturated heterocycles. The van der Waals surface area contributed by atoms with Gasteiger partial charge in [-0.1, -0.05) is 29.8 Å². The van der Waals surface area contributed by atoms with Gasteiger partial charge in [0.2, 0.25) is 5.91 Å². The molecule has 21 heavy (non-hydrogen) atoms. The molecule has 114 valence electrons. The molecular formula is C17H24N2O2. The zero-order valence-electron chi connectivity index (χ0n) is 13.1. The van der Waals surface area contributed by atoms with Crippen LogP contribution < -0.4 is 5.32 Å². The summed E-state index contributed by atoms with van der Waals surface area (Å²) >= 11 is 0. The zero-order valence-corrected chi connectivity index (χ0v) is 13.1. The van der Waals surface area contributed by atoms with Gasteiger partial charge in [0.15, 0.2) is 5.78 Å². The Hall–Kier alpha value is -1.68. The fraction of sp³-hybridized carbons (Fsp3) is 0.529. The molecule has 2 rings (SSSR count). The first-order valence-corrected chi connectivity index (χ1v) is 7.59. The van der Waals surface area contributed by atoms with Gasteiger partial charge in [-0.3, -0.25) is 14.5 Å². The van der Waals surface area contributed by atoms with E-state index in [4.69, 9.17) is 0 Å². The van der Waals surface area contributed by atoms with Crippen LogP contribution in [0.2, 0.25) is 0 Å². The van der Waals surface area contributed by atoms with Crippen molar-refractivity contribution in [1.82, 2.24) is 10.2 Å². The molecule has 1 unspecified atom stereocenters. The first-order valence-electron chi connectivity index (χ1n) is 7.59. The van der Waals surface area contributed by atoms with Gasteiger partial charge in [-0.05, 0) is 26.7 Å². The van der Waals surface area contributed by atoms with Crippen molar-refractivity contribution in [3.8, 4) is 0 Å². The average Bonchev–Trinajstić information content (AvgIpc) is 2.47. The number of hydrogen-bond acceptors (Lipinski definition) is 3. The summed E-state index contributed by atoms with van der Waals surface area (Å²) < 4.78 is 0. The monoisotopic (exact) mass is 288 g/mol. The van der Waals surface area contributed by atoms with Crippen LogP contribution in [0.4, 0.5) is 0 Å². The number of rotatable bonds is 4. The Balaban J connectivity index is 1.92. The number of amides is 1. The fourth-order valence-electron chi connectivity index (χ4n) is 2.84. The van der Waals surface area contributed by atoms with E-state index in [0.29, 0.717) is 0 Å². The van der Waals surface area contributed by atoms with Crippen molar-refractivity contribution in [2.24, 2.45) is 0 Å². The van der Waals surface area contributed by atoms with Crippen LogP contribution >= 0.6 is 0 Å². The van der Waals surface area contributed by atoms with Crippen LogP contribution in [0, 0.1) is 6.92 Å². The van der Waals surface area contributed by atoms with Crippen molar-refractivity contribution < 1.29 is 9.59 Å². The van der Waals surface area contributed by atoms with E-state index in [0.717, 1.165) is 37.1 Å². The predicted molar refractivity (Wildman–Crippen MR) is 83.4 cm³/mol. The first kappa shape index (κ1) is 15.7. The van der Waals surface area contributed by atoms with Crippen LogP contribution in [0.5, 0.6) is 0 Å². The van der Waals surface area contributed by atoms with E-state index in [1.165, 1.54) is 0 Å². The van der Waals surface area contributed by atoms with E-state index in [9.17, 15) is 9.59 Å². The van der Waals surface area contributed by atoms with Crippen LogP contribution in [0.25, 0.3) is 0 Å². The van der Waals surface area contributed by atoms with Gasteiger partial charge in [0.1, 0.15) is 0 Å². The predicted octanol–water partition coefficient (Wildman–Crippen LogP) is 2.17. The molecule has 1 amide bonds. The lowest BCUT2D eigenvalue weighted by atomic mass is 9.99. The summed E-state index contributed by atoms with van der Waals surface area (Å²) in [6.07, 6.45) is 1.82. The van der Waals surface area contributed by atoms with Gasteiger partial charge in [0.05, 0.1) is 6.04 Å². The maximum Gasteiger partial charge on any atom is 0.217 e. The Morgan fingerprint density at radius 2 is 1.76 bits per heavy atom. The quantitative estimate of drug-likeness (QED) is 0.864. The maximum absolute atomic E-state index is 12.5. The number of piperidine rings is 1. The smallest absolute Gasteiger partial charge is 0.217 e. The molecule has 0 spiro atoms. The largest absolute Gasteiger partial charge is 0.354 e. The molecular weight excluding hydrogens is 264 g/mol. The minimum absolute atomic E-state index is 0.0252. The molecule has 1 aromatic rings. The molecule has 4 nitrogen and oxygen atoms in total. The van der Waals surface area contributed by atoms with E-state index in [1.807, 2.05) is 38.1 Å². The van der Waals surface area contributed by atoms with Crippen molar-refractivity contribution in [3.05, 3.63) is 35.4 Å². The Morgan fingerprint density at radius 1 is 1.19 bits per heavy atom. The minimum atomic E-state index is -0.106. The fourth-order valence-corrected chi connectivity index (χ4v) is 2.84. The Bertz CT molecular complexity index is 502. The molecule has 1 fully saturated rings. The van der Waals surface area contributed by atoms with E-state index in [1.54, 1.807) is 6.92 Å². The van der Waals surface area contributed by atoms with Gasteiger partial charge in [0, 0.05) is 31.6 Å². The number of carbonyl (C=O) groups excluding carboxylic acids is 2. The molecule has 0 aromatic heterocycles. The second-order valence-electron chi connectivity index (χ2n) is 5.92. The Kier molecular flexibility index (Phi) is 5.12. The highest BCUT2D eigenvalue weighted by molar-refractivity contribution is 5.99. The molecule has 0 saturated carbocycles. The molecule has 1 N–H and O–H groups in total. The highest BCUT2D eigenvalue weighted by atomic mass is 16.1. The summed E-state index contributed by atoms with van der Waals surface area (Å²) in [5, 5.41) is 2.96. The molecule has 1 aliphatic rings. The van der Waals surface area contributed by atoms with Gasteiger partial charge >= 0.3 is 0 Å². The first-order chi connectivity index (χ1) is 9.97. The lowest BCUT2D eigenvalue weighted by molar-refractivity contribution is -0.120. The standard InChI is InChI=1S/C17H24N2O2/c1-12-4-6-15(7-5-12)17(21)13(2)19-10-8-16(9-11-19)18-14(3)20/h4-7,13,16H,8-11H2,1-3H3,(H,18,20). The molecule has 1 atom stereocenters. The van der Waals surface area contributed by atoms with Crippen LogP contribution in [0.1, 0.15) is 42.6 Å². The number of ketones is 1. The second-order valence-corrected chi connectivity index (χ2v) is 5.92. The Labute approximate surface area is 126 Å². The number of aryl methyl sites for hydroxylation is 1. The van der Waals surface area contributed by atoms with Crippen LogP contribution in [0.3, 0.4) is 0 Å². The lowest BCUT2D eigenvalue weighted by Crippen LogP contribution is -2.49. The van der Waals surface area contributed by atoms with Crippen molar-refractivity contribution >= 4 is 11.7 Å². The maximum atomic E-state index is 12.5. The minimum Gasteiger partial charge on any atom is -0.354 e. The van der Waals surface area contributed by atoms with E-state index >= 15 is 0 Å². The molecule has 4 heteroatoms. The lowest BCUT2D eigenvalue weighted by Gasteiger charge is -2.35. The molecule has 1 heterocycles. The molecule has 1 aromatic carbocycles. The second kappa shape index (κ2) is 6.85. The number of benzene rings is 1. The normalized spacial score (nSPS) is 18.2. The zero-order chi connectivity index (χ0) is 15.4. The van der Waals surface area contributed by atoms with Crippen LogP contribution in [-0.2, 0) is 4.79 Å². The summed E-state index contributed by atoms with van der Waals surface area (Å²) in [6.45, 7) is 7.24. The van der Waals surface area contributed by atoms with Crippen molar-refractivity contribution in [1.29, 1.82) is 0 Å². The third-order valence-corrected chi connectivity index (χ3v) is 4.20. The summed E-state index contributed by atoms with van der Waals surface area (Å²) in [7, 11) is 0. The number of nitrogens with one attached hydrogen (secondary N) is 1. The van der Waals surface area contributed by atoms with Crippen molar-refractivity contribution in [3.63, 3.8) is 0 Å². The number of hydrogen-bond donors (Lipinski definition) is 1. The summed E-state index contributed by atoms with van der Waals surface area (Å²) in [5.74, 6) is 0.199. The van der Waals surface area contributed by atoms with Gasteiger partial charge in [-0.2, -0.15) is 0 Å². The van der Waals surface area contributed by atoms with Gasteiger partial charge in [-0.15, -0.1) is 0 Å². The highest BCUT2D eigenvalue weighted by Gasteiger charge is 2.27. The third kappa shape index (κ3) is 4.14. The highest BCUT2D eigenvalue weighted by Crippen LogP contribution is 2.16. The summed E-state index contributed by atoms with van der Waals surface area (Å²) in [4.78, 5) is 25.8. The third-order valence-electron chi connectivity index (χ3n) is 4.20. The average molecular weight is 288 g/mol. The Morgan fingerprint density at radius 3 is 2.29 bits per heavy atom. The molecule has 0 aliphatic carbocycles.